The van der Waals surface area contributed by atoms with Gasteiger partial charge >= 0.3 is 0 Å². The predicted molar refractivity (Wildman–Crippen MR) is 125 cm³/mol. The first kappa shape index (κ1) is 24.3. The molecule has 3 fully saturated rings. The van der Waals surface area contributed by atoms with Gasteiger partial charge in [-0.1, -0.05) is 34.7 Å². The number of allylic oxidation sites excluding steroid dienone is 2. The summed E-state index contributed by atoms with van der Waals surface area (Å²) < 4.78 is 50.5. The van der Waals surface area contributed by atoms with Crippen LogP contribution in [0, 0.1) is 29.6 Å². The first-order valence-electron chi connectivity index (χ1n) is 12.5. The smallest absolute Gasteiger partial charge is 0.158 e. The molecule has 6 heteroatoms. The summed E-state index contributed by atoms with van der Waals surface area (Å²) in [7, 11) is 0. The lowest BCUT2D eigenvalue weighted by atomic mass is 9.70. The Balaban J connectivity index is 1.24. The van der Waals surface area contributed by atoms with Gasteiger partial charge in [0.1, 0.15) is 12.3 Å². The van der Waals surface area contributed by atoms with Gasteiger partial charge in [0.25, 0.3) is 0 Å². The second kappa shape index (κ2) is 11.1. The van der Waals surface area contributed by atoms with E-state index in [-0.39, 0.29) is 23.7 Å². The van der Waals surface area contributed by atoms with Gasteiger partial charge in [-0.3, -0.25) is 0 Å². The monoisotopic (exact) mass is 554 g/mol. The minimum Gasteiger partial charge on any atom is -0.368 e. The van der Waals surface area contributed by atoms with Gasteiger partial charge in [0.15, 0.2) is 12.5 Å². The van der Waals surface area contributed by atoms with E-state index in [9.17, 15) is 18.3 Å². The predicted octanol–water partition coefficient (Wildman–Crippen LogP) is 6.88. The summed E-state index contributed by atoms with van der Waals surface area (Å²) in [4.78, 5) is 0. The number of rotatable bonds is 5. The first-order valence-corrected chi connectivity index (χ1v) is 13.7. The molecule has 8 unspecified atom stereocenters. The third-order valence-corrected chi connectivity index (χ3v) is 9.72. The van der Waals surface area contributed by atoms with Crippen LogP contribution in [0.4, 0.5) is 13.2 Å². The maximum atomic E-state index is 14.9. The topological polar surface area (TPSA) is 29.5 Å². The molecule has 4 aliphatic carbocycles. The Morgan fingerprint density at radius 3 is 2.29 bits per heavy atom. The van der Waals surface area contributed by atoms with E-state index in [1.165, 1.54) is 0 Å². The third kappa shape index (κ3) is 5.82. The summed E-state index contributed by atoms with van der Waals surface area (Å²) in [5.74, 6) is 0.330. The molecule has 0 radical (unpaired) electrons. The Bertz CT molecular complexity index is 597. The van der Waals surface area contributed by atoms with Gasteiger partial charge in [-0.05, 0) is 101 Å². The Morgan fingerprint density at radius 1 is 0.871 bits per heavy atom. The van der Waals surface area contributed by atoms with Crippen molar-refractivity contribution >= 4 is 22.6 Å². The number of aliphatic hydroxyl groups excluding tert-OH is 1. The van der Waals surface area contributed by atoms with Crippen LogP contribution in [-0.4, -0.2) is 39.9 Å². The van der Waals surface area contributed by atoms with E-state index < -0.39 is 30.9 Å². The molecule has 4 rings (SSSR count). The Kier molecular flexibility index (Phi) is 8.68. The Labute approximate surface area is 198 Å². The van der Waals surface area contributed by atoms with E-state index in [0.29, 0.717) is 29.1 Å². The number of ether oxygens (including phenoxy) is 1. The fourth-order valence-corrected chi connectivity index (χ4v) is 7.52. The van der Waals surface area contributed by atoms with Crippen molar-refractivity contribution in [2.24, 2.45) is 29.6 Å². The standard InChI is InChI=1S/C25H38F3IO2/c26-21-14-18(29)10-11-19(21)16-6-8-17(9-7-16)25(30)31-22-13-12-20(23(27)24(22)28)15-4-2-1-3-5-15/h2,4,15-25,30H,1,3,5-14H2/t15?,16?,17?,18-,19?,20?,21?,22?,23?,24?,25?/m0/s1. The average molecular weight is 554 g/mol. The summed E-state index contributed by atoms with van der Waals surface area (Å²) in [6.07, 6.45) is 8.51. The number of hydrogen-bond acceptors (Lipinski definition) is 2. The molecular formula is C25H38F3IO2. The summed E-state index contributed by atoms with van der Waals surface area (Å²) in [6.45, 7) is 0. The second-order valence-corrected chi connectivity index (χ2v) is 12.2. The SMILES string of the molecule is OC(OC1CCC(C2C=CCCC2)C(F)C1F)C1CCC(C2CC[C@H](I)CC2F)CC1. The highest BCUT2D eigenvalue weighted by Crippen LogP contribution is 2.44. The number of aliphatic hydroxyl groups is 1. The third-order valence-electron chi connectivity index (χ3n) is 8.59. The van der Waals surface area contributed by atoms with E-state index in [2.05, 4.69) is 34.7 Å². The number of hydrogen-bond donors (Lipinski definition) is 1. The maximum Gasteiger partial charge on any atom is 0.158 e. The van der Waals surface area contributed by atoms with E-state index >= 15 is 0 Å². The van der Waals surface area contributed by atoms with Crippen molar-refractivity contribution in [3.8, 4) is 0 Å². The molecule has 3 saturated carbocycles. The molecule has 0 bridgehead atoms. The van der Waals surface area contributed by atoms with Crippen LogP contribution in [0.25, 0.3) is 0 Å². The van der Waals surface area contributed by atoms with Gasteiger partial charge < -0.3 is 9.84 Å². The maximum absolute atomic E-state index is 14.9. The molecule has 0 aromatic rings. The largest absolute Gasteiger partial charge is 0.368 e. The van der Waals surface area contributed by atoms with Gasteiger partial charge in [0.2, 0.25) is 0 Å². The molecular weight excluding hydrogens is 516 g/mol. The minimum atomic E-state index is -1.67. The molecule has 1 N–H and O–H groups in total. The zero-order valence-corrected chi connectivity index (χ0v) is 20.5. The molecule has 0 aromatic carbocycles. The van der Waals surface area contributed by atoms with Gasteiger partial charge in [0.05, 0.1) is 6.10 Å². The van der Waals surface area contributed by atoms with Crippen LogP contribution >= 0.6 is 22.6 Å². The van der Waals surface area contributed by atoms with Crippen LogP contribution in [0.2, 0.25) is 0 Å². The van der Waals surface area contributed by atoms with Crippen LogP contribution in [0.15, 0.2) is 12.2 Å². The van der Waals surface area contributed by atoms with Gasteiger partial charge in [-0.25, -0.2) is 13.2 Å². The van der Waals surface area contributed by atoms with Crippen LogP contribution in [0.5, 0.6) is 0 Å². The van der Waals surface area contributed by atoms with Crippen molar-refractivity contribution in [3.63, 3.8) is 0 Å². The fourth-order valence-electron chi connectivity index (χ4n) is 6.68. The molecule has 9 atom stereocenters. The van der Waals surface area contributed by atoms with Crippen molar-refractivity contribution in [1.82, 2.24) is 0 Å². The lowest BCUT2D eigenvalue weighted by Gasteiger charge is -2.42. The first-order chi connectivity index (χ1) is 14.9. The van der Waals surface area contributed by atoms with Crippen molar-refractivity contribution in [2.75, 3.05) is 0 Å². The van der Waals surface area contributed by atoms with Crippen LogP contribution in [-0.2, 0) is 4.74 Å². The molecule has 2 nitrogen and oxygen atoms in total. The second-order valence-electron chi connectivity index (χ2n) is 10.5. The molecule has 31 heavy (non-hydrogen) atoms. The van der Waals surface area contributed by atoms with Gasteiger partial charge in [-0.15, -0.1) is 0 Å². The quantitative estimate of drug-likeness (QED) is 0.174. The molecule has 4 aliphatic rings. The Hall–Kier alpha value is 0.180. The summed E-state index contributed by atoms with van der Waals surface area (Å²) in [5, 5.41) is 10.6. The zero-order chi connectivity index (χ0) is 22.0. The lowest BCUT2D eigenvalue weighted by molar-refractivity contribution is -0.205. The molecule has 0 amide bonds. The van der Waals surface area contributed by atoms with Crippen LogP contribution < -0.4 is 0 Å². The Morgan fingerprint density at radius 2 is 1.61 bits per heavy atom. The summed E-state index contributed by atoms with van der Waals surface area (Å²) >= 11 is 2.36. The van der Waals surface area contributed by atoms with Gasteiger partial charge in [0, 0.05) is 9.84 Å². The highest BCUT2D eigenvalue weighted by atomic mass is 127. The highest BCUT2D eigenvalue weighted by Gasteiger charge is 2.45. The average Bonchev–Trinajstić information content (AvgIpc) is 2.78. The van der Waals surface area contributed by atoms with Crippen LogP contribution in [0.3, 0.4) is 0 Å². The minimum absolute atomic E-state index is 0.0560. The van der Waals surface area contributed by atoms with E-state index in [0.717, 1.165) is 57.8 Å². The number of alkyl halides is 4. The van der Waals surface area contributed by atoms with Crippen LogP contribution in [0.1, 0.15) is 77.0 Å². The van der Waals surface area contributed by atoms with Crippen molar-refractivity contribution < 1.29 is 23.0 Å². The van der Waals surface area contributed by atoms with Crippen molar-refractivity contribution in [1.29, 1.82) is 0 Å². The molecule has 0 aromatic heterocycles. The molecule has 178 valence electrons. The summed E-state index contributed by atoms with van der Waals surface area (Å²) in [6, 6.07) is 0. The lowest BCUT2D eigenvalue weighted by Crippen LogP contribution is -2.47. The van der Waals surface area contributed by atoms with E-state index in [1.54, 1.807) is 0 Å². The molecule has 0 heterocycles. The zero-order valence-electron chi connectivity index (χ0n) is 18.4. The molecule has 0 saturated heterocycles. The highest BCUT2D eigenvalue weighted by molar-refractivity contribution is 14.1. The van der Waals surface area contributed by atoms with E-state index in [4.69, 9.17) is 4.74 Å². The number of halogens is 4. The summed E-state index contributed by atoms with van der Waals surface area (Å²) in [5.41, 5.74) is 0. The molecule has 0 aliphatic heterocycles. The van der Waals surface area contributed by atoms with Crippen molar-refractivity contribution in [2.45, 2.75) is 112 Å². The molecule has 0 spiro atoms. The van der Waals surface area contributed by atoms with Gasteiger partial charge in [-0.2, -0.15) is 0 Å². The van der Waals surface area contributed by atoms with E-state index in [1.807, 2.05) is 0 Å². The fraction of sp³-hybridized carbons (Fsp3) is 0.920. The van der Waals surface area contributed by atoms with Crippen molar-refractivity contribution in [3.05, 3.63) is 12.2 Å². The normalized spacial score (nSPS) is 47.8.